The number of alkyl halides is 3. The Bertz CT molecular complexity index is 1260. The third-order valence-corrected chi connectivity index (χ3v) is 6.13. The predicted molar refractivity (Wildman–Crippen MR) is 124 cm³/mol. The molecule has 1 atom stereocenters. The molecule has 0 radical (unpaired) electrons. The Balaban J connectivity index is 1.48. The highest BCUT2D eigenvalue weighted by atomic mass is 32.2. The molecule has 0 bridgehead atoms. The number of benzene rings is 3. The summed E-state index contributed by atoms with van der Waals surface area (Å²) >= 11 is 1.28. The van der Waals surface area contributed by atoms with Crippen molar-refractivity contribution in [2.75, 3.05) is 0 Å². The second kappa shape index (κ2) is 10.1. The van der Waals surface area contributed by atoms with Crippen molar-refractivity contribution in [1.82, 2.24) is 4.57 Å². The Kier molecular flexibility index (Phi) is 6.98. The molecule has 0 aliphatic carbocycles. The van der Waals surface area contributed by atoms with Gasteiger partial charge in [-0.2, -0.15) is 13.2 Å². The van der Waals surface area contributed by atoms with Gasteiger partial charge in [-0.3, -0.25) is 0 Å². The summed E-state index contributed by atoms with van der Waals surface area (Å²) in [5.41, 5.74) is 1.34. The van der Waals surface area contributed by atoms with Crippen molar-refractivity contribution >= 4 is 17.7 Å². The first-order valence-corrected chi connectivity index (χ1v) is 11.3. The molecule has 1 unspecified atom stereocenters. The summed E-state index contributed by atoms with van der Waals surface area (Å²) in [4.78, 5) is 12.5. The number of halogens is 3. The largest absolute Gasteiger partial charge is 0.478 e. The SMILES string of the molecule is O=C(O)C(Oc1ccccc1-n1cccc1)c1ccc(CSc2cccc(C(F)(F)F)c2)cc1. The molecular weight excluding hydrogens is 463 g/mol. The number of nitrogens with zero attached hydrogens (tertiary/aromatic N) is 1. The van der Waals surface area contributed by atoms with Crippen LogP contribution in [0.2, 0.25) is 0 Å². The molecular formula is C26H20F3NO3S. The maximum Gasteiger partial charge on any atom is 0.416 e. The van der Waals surface area contributed by atoms with Gasteiger partial charge in [0.2, 0.25) is 6.10 Å². The number of rotatable bonds is 8. The second-order valence-corrected chi connectivity index (χ2v) is 8.50. The molecule has 34 heavy (non-hydrogen) atoms. The summed E-state index contributed by atoms with van der Waals surface area (Å²) in [5, 5.41) is 9.79. The highest BCUT2D eigenvalue weighted by Gasteiger charge is 2.30. The Morgan fingerprint density at radius 1 is 0.941 bits per heavy atom. The molecule has 0 saturated heterocycles. The van der Waals surface area contributed by atoms with Gasteiger partial charge < -0.3 is 14.4 Å². The third-order valence-electron chi connectivity index (χ3n) is 5.07. The number of para-hydroxylation sites is 2. The van der Waals surface area contributed by atoms with Crippen LogP contribution in [0.4, 0.5) is 13.2 Å². The van der Waals surface area contributed by atoms with E-state index >= 15 is 0 Å². The minimum absolute atomic E-state index is 0.426. The molecule has 0 fully saturated rings. The van der Waals surface area contributed by atoms with Crippen LogP contribution < -0.4 is 4.74 Å². The van der Waals surface area contributed by atoms with Gasteiger partial charge in [0.1, 0.15) is 5.75 Å². The molecule has 0 spiro atoms. The summed E-state index contributed by atoms with van der Waals surface area (Å²) < 4.78 is 46.5. The molecule has 8 heteroatoms. The van der Waals surface area contributed by atoms with Crippen LogP contribution in [-0.4, -0.2) is 15.6 Å². The first-order valence-electron chi connectivity index (χ1n) is 10.3. The first-order chi connectivity index (χ1) is 16.3. The van der Waals surface area contributed by atoms with Gasteiger partial charge in [-0.25, -0.2) is 4.79 Å². The van der Waals surface area contributed by atoms with E-state index in [-0.39, 0.29) is 0 Å². The molecule has 1 heterocycles. The summed E-state index contributed by atoms with van der Waals surface area (Å²) in [6, 6.07) is 22.9. The summed E-state index contributed by atoms with van der Waals surface area (Å²) in [6.07, 6.45) is -1.92. The fraction of sp³-hybridized carbons (Fsp3) is 0.115. The van der Waals surface area contributed by atoms with E-state index in [0.717, 1.165) is 17.7 Å². The van der Waals surface area contributed by atoms with Crippen LogP contribution in [0.1, 0.15) is 22.8 Å². The fourth-order valence-electron chi connectivity index (χ4n) is 3.37. The Hall–Kier alpha value is -3.65. The van der Waals surface area contributed by atoms with Crippen LogP contribution in [0.25, 0.3) is 5.69 Å². The van der Waals surface area contributed by atoms with Gasteiger partial charge >= 0.3 is 12.1 Å². The molecule has 174 valence electrons. The molecule has 0 saturated carbocycles. The zero-order valence-corrected chi connectivity index (χ0v) is 18.6. The number of carbonyl (C=O) groups is 1. The van der Waals surface area contributed by atoms with Gasteiger partial charge in [0.05, 0.1) is 11.3 Å². The number of aliphatic carboxylic acids is 1. The number of hydrogen-bond acceptors (Lipinski definition) is 3. The first kappa shape index (κ1) is 23.5. The highest BCUT2D eigenvalue weighted by molar-refractivity contribution is 7.98. The average molecular weight is 484 g/mol. The Labute approximate surface area is 198 Å². The van der Waals surface area contributed by atoms with Gasteiger partial charge in [0.25, 0.3) is 0 Å². The zero-order valence-electron chi connectivity index (χ0n) is 17.8. The molecule has 1 N–H and O–H groups in total. The van der Waals surface area contributed by atoms with E-state index < -0.39 is 23.8 Å². The number of ether oxygens (including phenoxy) is 1. The lowest BCUT2D eigenvalue weighted by Gasteiger charge is -2.18. The van der Waals surface area contributed by atoms with Crippen molar-refractivity contribution in [3.8, 4) is 11.4 Å². The Morgan fingerprint density at radius 3 is 2.32 bits per heavy atom. The van der Waals surface area contributed by atoms with Crippen molar-refractivity contribution in [2.24, 2.45) is 0 Å². The number of aromatic nitrogens is 1. The smallest absolute Gasteiger partial charge is 0.416 e. The molecule has 0 amide bonds. The quantitative estimate of drug-likeness (QED) is 0.274. The van der Waals surface area contributed by atoms with Crippen molar-refractivity contribution in [3.63, 3.8) is 0 Å². The van der Waals surface area contributed by atoms with Gasteiger partial charge in [-0.05, 0) is 48.0 Å². The maximum absolute atomic E-state index is 12.9. The van der Waals surface area contributed by atoms with Crippen LogP contribution in [0, 0.1) is 0 Å². The van der Waals surface area contributed by atoms with Crippen LogP contribution in [0.15, 0.2) is 102 Å². The molecule has 1 aromatic heterocycles. The number of carboxylic acid groups (broad SMARTS) is 1. The van der Waals surface area contributed by atoms with E-state index in [1.807, 2.05) is 41.2 Å². The minimum atomic E-state index is -4.38. The van der Waals surface area contributed by atoms with E-state index in [0.29, 0.717) is 27.6 Å². The third kappa shape index (κ3) is 5.63. The summed E-state index contributed by atoms with van der Waals surface area (Å²) in [6.45, 7) is 0. The fourth-order valence-corrected chi connectivity index (χ4v) is 4.28. The normalized spacial score (nSPS) is 12.3. The van der Waals surface area contributed by atoms with Crippen LogP contribution in [-0.2, 0) is 16.7 Å². The Morgan fingerprint density at radius 2 is 1.65 bits per heavy atom. The predicted octanol–water partition coefficient (Wildman–Crippen LogP) is 6.99. The number of thioether (sulfide) groups is 1. The number of hydrogen-bond donors (Lipinski definition) is 1. The average Bonchev–Trinajstić information content (AvgIpc) is 3.36. The standard InChI is InChI=1S/C26H20F3NO3S/c27-26(28,29)20-6-5-7-21(16-20)34-17-18-10-12-19(13-11-18)24(25(31)32)33-23-9-2-1-8-22(23)30-14-3-4-15-30/h1-16,24H,17H2,(H,31,32). The highest BCUT2D eigenvalue weighted by Crippen LogP contribution is 2.33. The van der Waals surface area contributed by atoms with Gasteiger partial charge in [0, 0.05) is 28.6 Å². The van der Waals surface area contributed by atoms with Gasteiger partial charge in [0.15, 0.2) is 0 Å². The van der Waals surface area contributed by atoms with Crippen LogP contribution in [0.5, 0.6) is 5.75 Å². The minimum Gasteiger partial charge on any atom is -0.478 e. The molecule has 4 aromatic rings. The van der Waals surface area contributed by atoms with E-state index in [9.17, 15) is 23.1 Å². The molecule has 4 nitrogen and oxygen atoms in total. The molecule has 0 aliphatic heterocycles. The van der Waals surface area contributed by atoms with Crippen LogP contribution in [0.3, 0.4) is 0 Å². The van der Waals surface area contributed by atoms with Crippen molar-refractivity contribution in [1.29, 1.82) is 0 Å². The lowest BCUT2D eigenvalue weighted by Crippen LogP contribution is -2.19. The van der Waals surface area contributed by atoms with Gasteiger partial charge in [-0.15, -0.1) is 11.8 Å². The number of carboxylic acids is 1. The van der Waals surface area contributed by atoms with Crippen molar-refractivity contribution in [2.45, 2.75) is 22.9 Å². The molecule has 3 aromatic carbocycles. The second-order valence-electron chi connectivity index (χ2n) is 7.45. The molecule has 0 aliphatic rings. The van der Waals surface area contributed by atoms with E-state index in [1.165, 1.54) is 17.8 Å². The molecule has 4 rings (SSSR count). The lowest BCUT2D eigenvalue weighted by molar-refractivity contribution is -0.145. The lowest BCUT2D eigenvalue weighted by atomic mass is 10.1. The summed E-state index contributed by atoms with van der Waals surface area (Å²) in [7, 11) is 0. The monoisotopic (exact) mass is 483 g/mol. The van der Waals surface area contributed by atoms with E-state index in [2.05, 4.69) is 0 Å². The van der Waals surface area contributed by atoms with Gasteiger partial charge in [-0.1, -0.05) is 42.5 Å². The van der Waals surface area contributed by atoms with Crippen molar-refractivity contribution in [3.05, 3.63) is 114 Å². The topological polar surface area (TPSA) is 51.5 Å². The van der Waals surface area contributed by atoms with Crippen LogP contribution >= 0.6 is 11.8 Å². The van der Waals surface area contributed by atoms with E-state index in [1.54, 1.807) is 42.5 Å². The zero-order chi connectivity index (χ0) is 24.1. The van der Waals surface area contributed by atoms with E-state index in [4.69, 9.17) is 4.74 Å². The van der Waals surface area contributed by atoms with Crippen molar-refractivity contribution < 1.29 is 27.8 Å². The maximum atomic E-state index is 12.9. The summed E-state index contributed by atoms with van der Waals surface area (Å²) in [5.74, 6) is -0.264.